The van der Waals surface area contributed by atoms with Crippen LogP contribution in [0.2, 0.25) is 0 Å². The molecule has 0 fully saturated rings. The number of nitrogens with zero attached hydrogens (tertiary/aromatic N) is 1. The maximum atomic E-state index is 13.2. The zero-order valence-electron chi connectivity index (χ0n) is 38.6. The first-order chi connectivity index (χ1) is 29.8. The molecule has 64 heavy (non-hydrogen) atoms. The summed E-state index contributed by atoms with van der Waals surface area (Å²) in [5.74, 6) is -7.28. The summed E-state index contributed by atoms with van der Waals surface area (Å²) in [7, 11) is 0. The molecule has 6 unspecified atom stereocenters. The Morgan fingerprint density at radius 2 is 0.859 bits per heavy atom. The third kappa shape index (κ3) is 21.2. The Balaban J connectivity index is 2.69. The Labute approximate surface area is 375 Å². The maximum Gasteiger partial charge on any atom is 0.326 e. The molecule has 1 aromatic heterocycles. The van der Waals surface area contributed by atoms with E-state index < -0.39 is 108 Å². The van der Waals surface area contributed by atoms with Crippen molar-refractivity contribution < 1.29 is 68.3 Å². The lowest BCUT2D eigenvalue weighted by molar-refractivity contribution is -0.144. The molecule has 1 heterocycles. The van der Waals surface area contributed by atoms with Crippen LogP contribution >= 0.6 is 0 Å². The molecule has 0 aliphatic carbocycles. The number of carboxylic acids is 2. The van der Waals surface area contributed by atoms with Crippen molar-refractivity contribution in [1.29, 1.82) is 0 Å². The van der Waals surface area contributed by atoms with Gasteiger partial charge in [-0.3, -0.25) is 28.8 Å². The van der Waals surface area contributed by atoms with E-state index in [2.05, 4.69) is 36.9 Å². The van der Waals surface area contributed by atoms with Gasteiger partial charge in [-0.15, -0.1) is 0 Å². The average Bonchev–Trinajstić information content (AvgIpc) is 3.18. The summed E-state index contributed by atoms with van der Waals surface area (Å²) >= 11 is 0. The van der Waals surface area contributed by atoms with Crippen molar-refractivity contribution in [3.63, 3.8) is 0 Å². The van der Waals surface area contributed by atoms with Crippen LogP contribution in [0.25, 0.3) is 0 Å². The molecule has 21 heteroatoms. The van der Waals surface area contributed by atoms with Crippen LogP contribution in [0.3, 0.4) is 0 Å². The second-order valence-corrected chi connectivity index (χ2v) is 17.3. The first kappa shape index (κ1) is 56.4. The molecule has 1 aromatic rings. The van der Waals surface area contributed by atoms with Crippen molar-refractivity contribution in [2.24, 2.45) is 23.7 Å². The van der Waals surface area contributed by atoms with Gasteiger partial charge >= 0.3 is 11.9 Å². The lowest BCUT2D eigenvalue weighted by Crippen LogP contribution is -2.58. The van der Waals surface area contributed by atoms with Crippen LogP contribution in [-0.4, -0.2) is 134 Å². The number of aliphatic hydroxyl groups is 2. The summed E-state index contributed by atoms with van der Waals surface area (Å²) in [6, 6.07) is -2.69. The van der Waals surface area contributed by atoms with Crippen molar-refractivity contribution >= 4 is 47.4 Å². The molecule has 0 bridgehead atoms. The zero-order chi connectivity index (χ0) is 48.8. The summed E-state index contributed by atoms with van der Waals surface area (Å²) in [6.07, 6.45) is -2.15. The number of pyridine rings is 1. The topological polar surface area (TPSA) is 321 Å². The smallest absolute Gasteiger partial charge is 0.326 e. The number of carbonyl (C=O) groups excluding carboxylic acids is 6. The molecule has 0 spiro atoms. The van der Waals surface area contributed by atoms with E-state index in [4.69, 9.17) is 9.47 Å². The molecule has 0 aromatic carbocycles. The lowest BCUT2D eigenvalue weighted by Gasteiger charge is -2.27. The van der Waals surface area contributed by atoms with E-state index in [9.17, 15) is 58.8 Å². The van der Waals surface area contributed by atoms with Gasteiger partial charge in [-0.25, -0.2) is 9.59 Å². The van der Waals surface area contributed by atoms with Crippen molar-refractivity contribution in [2.75, 3.05) is 13.2 Å². The van der Waals surface area contributed by atoms with Gasteiger partial charge in [0.15, 0.2) is 0 Å². The fourth-order valence-corrected chi connectivity index (χ4v) is 6.14. The van der Waals surface area contributed by atoms with Gasteiger partial charge in [-0.2, -0.15) is 4.98 Å². The van der Waals surface area contributed by atoms with E-state index in [1.165, 1.54) is 13.8 Å². The van der Waals surface area contributed by atoms with Gasteiger partial charge in [-0.05, 0) is 63.2 Å². The number of carboxylic acid groups (broad SMARTS) is 2. The summed E-state index contributed by atoms with van der Waals surface area (Å²) in [6.45, 7) is 16.5. The molecule has 362 valence electrons. The van der Waals surface area contributed by atoms with Crippen molar-refractivity contribution in [1.82, 2.24) is 36.9 Å². The molecule has 8 atom stereocenters. The van der Waals surface area contributed by atoms with Gasteiger partial charge in [0, 0.05) is 25.0 Å². The molecule has 6 amide bonds. The SMILES string of the molecule is CC(C)CC(NC(=O)C(NC(=O)CCCOc1cccc(OCCCC(=O)NC(C(=O)NC(CC(C)C)C(=O)N[C@H](C(=O)O)C(C)C)C(C)O)n1)C(C)O)C(=O)N[C@H](C(=O)O)C(C)C. The Hall–Kier alpha value is -5.57. The molecule has 0 radical (unpaired) electrons. The first-order valence-corrected chi connectivity index (χ1v) is 21.7. The highest BCUT2D eigenvalue weighted by atomic mass is 16.5. The highest BCUT2D eigenvalue weighted by Crippen LogP contribution is 2.15. The zero-order valence-corrected chi connectivity index (χ0v) is 38.6. The molecule has 0 aliphatic heterocycles. The number of amides is 6. The van der Waals surface area contributed by atoms with E-state index in [1.807, 2.05) is 27.7 Å². The molecular formula is C43H71N7O14. The number of aliphatic carboxylic acids is 2. The van der Waals surface area contributed by atoms with Crippen LogP contribution in [0.1, 0.15) is 108 Å². The van der Waals surface area contributed by atoms with Crippen molar-refractivity contribution in [2.45, 2.75) is 156 Å². The van der Waals surface area contributed by atoms with Crippen LogP contribution in [-0.2, 0) is 38.4 Å². The van der Waals surface area contributed by atoms with Crippen molar-refractivity contribution in [3.8, 4) is 11.8 Å². The number of aliphatic hydroxyl groups excluding tert-OH is 2. The molecule has 21 nitrogen and oxygen atoms in total. The third-order valence-corrected chi connectivity index (χ3v) is 9.60. The fraction of sp³-hybridized carbons (Fsp3) is 0.698. The Morgan fingerprint density at radius 3 is 1.14 bits per heavy atom. The van der Waals surface area contributed by atoms with Crippen LogP contribution in [0.15, 0.2) is 18.2 Å². The van der Waals surface area contributed by atoms with Gasteiger partial charge < -0.3 is 61.8 Å². The lowest BCUT2D eigenvalue weighted by atomic mass is 10.00. The molecule has 1 rings (SSSR count). The molecule has 0 saturated carbocycles. The third-order valence-electron chi connectivity index (χ3n) is 9.60. The van der Waals surface area contributed by atoms with E-state index in [1.54, 1.807) is 45.9 Å². The van der Waals surface area contributed by atoms with Gasteiger partial charge in [0.1, 0.15) is 36.3 Å². The normalized spacial score (nSPS) is 15.1. The summed E-state index contributed by atoms with van der Waals surface area (Å²) in [5, 5.41) is 54.6. The summed E-state index contributed by atoms with van der Waals surface area (Å²) in [4.78, 5) is 105. The predicted molar refractivity (Wildman–Crippen MR) is 232 cm³/mol. The Bertz CT molecular complexity index is 1590. The van der Waals surface area contributed by atoms with Gasteiger partial charge in [0.05, 0.1) is 25.4 Å². The second kappa shape index (κ2) is 28.3. The van der Waals surface area contributed by atoms with Crippen LogP contribution in [0.5, 0.6) is 11.8 Å². The fourth-order valence-electron chi connectivity index (χ4n) is 6.14. The minimum Gasteiger partial charge on any atom is -0.480 e. The molecule has 10 N–H and O–H groups in total. The number of hydrogen-bond donors (Lipinski definition) is 10. The highest BCUT2D eigenvalue weighted by Gasteiger charge is 2.34. The predicted octanol–water partition coefficient (Wildman–Crippen LogP) is 0.643. The van der Waals surface area contributed by atoms with Gasteiger partial charge in [0.2, 0.25) is 47.2 Å². The van der Waals surface area contributed by atoms with Crippen molar-refractivity contribution in [3.05, 3.63) is 18.2 Å². The number of ether oxygens (including phenoxy) is 2. The van der Waals surface area contributed by atoms with E-state index in [0.717, 1.165) is 0 Å². The first-order valence-electron chi connectivity index (χ1n) is 21.7. The largest absolute Gasteiger partial charge is 0.480 e. The molecule has 0 aliphatic rings. The van der Waals surface area contributed by atoms with Crippen LogP contribution in [0, 0.1) is 23.7 Å². The van der Waals surface area contributed by atoms with Gasteiger partial charge in [-0.1, -0.05) is 61.5 Å². The summed E-state index contributed by atoms with van der Waals surface area (Å²) < 4.78 is 11.3. The number of aromatic nitrogens is 1. The minimum absolute atomic E-state index is 0.0362. The number of nitrogens with one attached hydrogen (secondary N) is 6. The Morgan fingerprint density at radius 1 is 0.516 bits per heavy atom. The van der Waals surface area contributed by atoms with Crippen LogP contribution in [0.4, 0.5) is 0 Å². The number of carbonyl (C=O) groups is 8. The van der Waals surface area contributed by atoms with E-state index in [0.29, 0.717) is 0 Å². The molecular weight excluding hydrogens is 839 g/mol. The van der Waals surface area contributed by atoms with Gasteiger partial charge in [0.25, 0.3) is 0 Å². The average molecular weight is 910 g/mol. The number of hydrogen-bond acceptors (Lipinski definition) is 13. The Kier molecular flexibility index (Phi) is 24.9. The highest BCUT2D eigenvalue weighted by molar-refractivity contribution is 5.95. The number of rotatable bonds is 30. The monoisotopic (exact) mass is 910 g/mol. The summed E-state index contributed by atoms with van der Waals surface area (Å²) in [5.41, 5.74) is 0. The van der Waals surface area contributed by atoms with Crippen LogP contribution < -0.4 is 41.4 Å². The maximum absolute atomic E-state index is 13.2. The second-order valence-electron chi connectivity index (χ2n) is 17.3. The van der Waals surface area contributed by atoms with E-state index >= 15 is 0 Å². The molecule has 0 saturated heterocycles. The standard InChI is InChI=1S/C43H71N7O14/c1-22(2)20-28(38(55)49-34(24(5)6)42(59)60)44-40(57)36(26(9)51)46-30(53)14-12-18-63-32-16-11-17-33(48-32)64-19-13-15-31(54)47-37(27(10)52)41(58)45-29(21-23(3)4)39(56)50-35(25(7)8)43(61)62/h11,16-17,22-29,34-37,51-52H,12-15,18-21H2,1-10H3,(H,44,57)(H,45,58)(H,46,53)(H,47,54)(H,49,55)(H,50,56)(H,59,60)(H,61,62)/t26?,27?,28?,29?,34-,35-,36?,37?/m0/s1. The quantitative estimate of drug-likeness (QED) is 0.0474. The van der Waals surface area contributed by atoms with E-state index in [-0.39, 0.29) is 75.3 Å². The minimum atomic E-state index is -1.41.